The molecular formula is C14H15Cl2N3O2. The lowest BCUT2D eigenvalue weighted by Gasteiger charge is -2.29. The van der Waals surface area contributed by atoms with Crippen LogP contribution in [0.1, 0.15) is 12.0 Å². The monoisotopic (exact) mass is 327 g/mol. The van der Waals surface area contributed by atoms with Crippen LogP contribution in [0.2, 0.25) is 10.0 Å². The van der Waals surface area contributed by atoms with Crippen LogP contribution in [-0.2, 0) is 21.6 Å². The Bertz CT molecular complexity index is 621. The number of nitrogens with zero attached hydrogens (tertiary/aromatic N) is 3. The van der Waals surface area contributed by atoms with Crippen LogP contribution in [0.4, 0.5) is 0 Å². The Labute approximate surface area is 132 Å². The molecule has 5 nitrogen and oxygen atoms in total. The molecule has 1 aromatic heterocycles. The molecule has 0 saturated carbocycles. The SMILES string of the molecule is CO[C@@H]1CO[C@](Cn2cncn2)(c2ccc(Cl)cc2Cl)C1. The molecule has 0 radical (unpaired) electrons. The van der Waals surface area contributed by atoms with E-state index in [-0.39, 0.29) is 6.10 Å². The summed E-state index contributed by atoms with van der Waals surface area (Å²) in [6, 6.07) is 5.44. The Kier molecular flexibility index (Phi) is 4.17. The van der Waals surface area contributed by atoms with Gasteiger partial charge >= 0.3 is 0 Å². The number of methoxy groups -OCH3 is 1. The van der Waals surface area contributed by atoms with Crippen LogP contribution in [0.25, 0.3) is 0 Å². The predicted octanol–water partition coefficient (Wildman–Crippen LogP) is 2.92. The molecule has 2 aromatic rings. The van der Waals surface area contributed by atoms with Gasteiger partial charge in [0.15, 0.2) is 0 Å². The average Bonchev–Trinajstić information content (AvgIpc) is 3.09. The summed E-state index contributed by atoms with van der Waals surface area (Å²) >= 11 is 12.4. The van der Waals surface area contributed by atoms with Crippen molar-refractivity contribution in [3.8, 4) is 0 Å². The number of ether oxygens (including phenoxy) is 2. The van der Waals surface area contributed by atoms with E-state index >= 15 is 0 Å². The largest absolute Gasteiger partial charge is 0.379 e. The van der Waals surface area contributed by atoms with E-state index in [1.807, 2.05) is 12.1 Å². The molecular weight excluding hydrogens is 313 g/mol. The quantitative estimate of drug-likeness (QED) is 0.866. The smallest absolute Gasteiger partial charge is 0.137 e. The molecule has 0 unspecified atom stereocenters. The Balaban J connectivity index is 1.99. The van der Waals surface area contributed by atoms with Gasteiger partial charge in [-0.25, -0.2) is 9.67 Å². The minimum absolute atomic E-state index is 0.0280. The summed E-state index contributed by atoms with van der Waals surface area (Å²) in [6.07, 6.45) is 3.89. The highest BCUT2D eigenvalue weighted by molar-refractivity contribution is 6.35. The molecule has 2 heterocycles. The van der Waals surface area contributed by atoms with Crippen molar-refractivity contribution in [1.29, 1.82) is 0 Å². The van der Waals surface area contributed by atoms with E-state index in [2.05, 4.69) is 10.1 Å². The van der Waals surface area contributed by atoms with Crippen LogP contribution >= 0.6 is 23.2 Å². The second-order valence-corrected chi connectivity index (χ2v) is 5.93. The van der Waals surface area contributed by atoms with E-state index in [9.17, 15) is 0 Å². The van der Waals surface area contributed by atoms with Crippen molar-refractivity contribution in [2.24, 2.45) is 0 Å². The number of rotatable bonds is 4. The number of halogens is 2. The third kappa shape index (κ3) is 2.92. The standard InChI is InChI=1S/C14H15Cl2N3O2/c1-20-11-5-14(21-6-11,7-19-9-17-8-18-19)12-3-2-10(15)4-13(12)16/h2-4,8-9,11H,5-7H2,1H3/t11-,14+/m0/s1. The van der Waals surface area contributed by atoms with Gasteiger partial charge in [-0.05, 0) is 12.1 Å². The lowest BCUT2D eigenvalue weighted by atomic mass is 9.90. The van der Waals surface area contributed by atoms with E-state index in [0.717, 1.165) is 5.56 Å². The maximum atomic E-state index is 6.38. The molecule has 21 heavy (non-hydrogen) atoms. The van der Waals surface area contributed by atoms with Gasteiger partial charge in [-0.2, -0.15) is 5.10 Å². The summed E-state index contributed by atoms with van der Waals surface area (Å²) in [6.45, 7) is 1.04. The van der Waals surface area contributed by atoms with Gasteiger partial charge in [0.2, 0.25) is 0 Å². The predicted molar refractivity (Wildman–Crippen MR) is 79.5 cm³/mol. The van der Waals surface area contributed by atoms with E-state index in [1.54, 1.807) is 24.2 Å². The van der Waals surface area contributed by atoms with E-state index in [4.69, 9.17) is 32.7 Å². The number of hydrogen-bond donors (Lipinski definition) is 0. The normalized spacial score (nSPS) is 25.4. The number of benzene rings is 1. The van der Waals surface area contributed by atoms with Crippen LogP contribution in [0.5, 0.6) is 0 Å². The summed E-state index contributed by atoms with van der Waals surface area (Å²) in [5.74, 6) is 0. The zero-order valence-corrected chi connectivity index (χ0v) is 13.0. The Morgan fingerprint density at radius 2 is 2.33 bits per heavy atom. The van der Waals surface area contributed by atoms with Gasteiger partial charge in [-0.3, -0.25) is 0 Å². The molecule has 3 rings (SSSR count). The van der Waals surface area contributed by atoms with Crippen molar-refractivity contribution in [2.45, 2.75) is 24.7 Å². The van der Waals surface area contributed by atoms with Crippen molar-refractivity contribution >= 4 is 23.2 Å². The summed E-state index contributed by atoms with van der Waals surface area (Å²) in [5, 5.41) is 5.34. The second-order valence-electron chi connectivity index (χ2n) is 5.08. The number of hydrogen-bond acceptors (Lipinski definition) is 4. The Morgan fingerprint density at radius 1 is 1.48 bits per heavy atom. The highest BCUT2D eigenvalue weighted by atomic mass is 35.5. The maximum absolute atomic E-state index is 6.38. The van der Waals surface area contributed by atoms with Gasteiger partial charge in [0.1, 0.15) is 18.3 Å². The summed E-state index contributed by atoms with van der Waals surface area (Å²) in [7, 11) is 1.68. The van der Waals surface area contributed by atoms with Gasteiger partial charge in [-0.15, -0.1) is 0 Å². The molecule has 0 N–H and O–H groups in total. The molecule has 1 fully saturated rings. The fourth-order valence-electron chi connectivity index (χ4n) is 2.71. The summed E-state index contributed by atoms with van der Waals surface area (Å²) < 4.78 is 13.3. The first kappa shape index (κ1) is 14.8. The summed E-state index contributed by atoms with van der Waals surface area (Å²) in [5.41, 5.74) is 0.305. The van der Waals surface area contributed by atoms with Crippen LogP contribution in [0.15, 0.2) is 30.9 Å². The maximum Gasteiger partial charge on any atom is 0.137 e. The molecule has 0 aliphatic carbocycles. The minimum atomic E-state index is -0.587. The van der Waals surface area contributed by atoms with Crippen LogP contribution in [0.3, 0.4) is 0 Å². The average molecular weight is 328 g/mol. The third-order valence-corrected chi connectivity index (χ3v) is 4.29. The van der Waals surface area contributed by atoms with Crippen molar-refractivity contribution in [3.63, 3.8) is 0 Å². The van der Waals surface area contributed by atoms with Gasteiger partial charge < -0.3 is 9.47 Å². The van der Waals surface area contributed by atoms with Gasteiger partial charge in [0.05, 0.1) is 19.3 Å². The topological polar surface area (TPSA) is 49.2 Å². The fourth-order valence-corrected chi connectivity index (χ4v) is 3.29. The van der Waals surface area contributed by atoms with Crippen molar-refractivity contribution in [2.75, 3.05) is 13.7 Å². The Hall–Kier alpha value is -1.14. The van der Waals surface area contributed by atoms with Gasteiger partial charge in [0, 0.05) is 29.1 Å². The van der Waals surface area contributed by atoms with Gasteiger partial charge in [0.25, 0.3) is 0 Å². The Morgan fingerprint density at radius 3 is 2.95 bits per heavy atom. The zero-order chi connectivity index (χ0) is 14.9. The van der Waals surface area contributed by atoms with E-state index in [1.165, 1.54) is 6.33 Å². The molecule has 112 valence electrons. The molecule has 7 heteroatoms. The zero-order valence-electron chi connectivity index (χ0n) is 11.5. The van der Waals surface area contributed by atoms with Crippen molar-refractivity contribution in [3.05, 3.63) is 46.5 Å². The third-order valence-electron chi connectivity index (χ3n) is 3.74. The first-order valence-electron chi connectivity index (χ1n) is 6.58. The summed E-state index contributed by atoms with van der Waals surface area (Å²) in [4.78, 5) is 3.98. The number of aromatic nitrogens is 3. The van der Waals surface area contributed by atoms with Crippen LogP contribution < -0.4 is 0 Å². The van der Waals surface area contributed by atoms with Gasteiger partial charge in [-0.1, -0.05) is 29.3 Å². The molecule has 1 aliphatic heterocycles. The molecule has 0 amide bonds. The molecule has 1 aromatic carbocycles. The second kappa shape index (κ2) is 5.93. The molecule has 0 bridgehead atoms. The molecule has 2 atom stereocenters. The van der Waals surface area contributed by atoms with Crippen molar-refractivity contribution < 1.29 is 9.47 Å². The highest BCUT2D eigenvalue weighted by Gasteiger charge is 2.44. The molecule has 0 spiro atoms. The first-order valence-corrected chi connectivity index (χ1v) is 7.33. The van der Waals surface area contributed by atoms with E-state index < -0.39 is 5.60 Å². The molecule has 1 aliphatic rings. The minimum Gasteiger partial charge on any atom is -0.379 e. The lowest BCUT2D eigenvalue weighted by Crippen LogP contribution is -2.32. The van der Waals surface area contributed by atoms with Crippen LogP contribution in [-0.4, -0.2) is 34.6 Å². The van der Waals surface area contributed by atoms with Crippen molar-refractivity contribution in [1.82, 2.24) is 14.8 Å². The molecule has 1 saturated heterocycles. The fraction of sp³-hybridized carbons (Fsp3) is 0.429. The highest BCUT2D eigenvalue weighted by Crippen LogP contribution is 2.42. The lowest BCUT2D eigenvalue weighted by molar-refractivity contribution is -0.0199. The van der Waals surface area contributed by atoms with E-state index in [0.29, 0.717) is 29.6 Å². The van der Waals surface area contributed by atoms with Crippen LogP contribution in [0, 0.1) is 0 Å². The first-order chi connectivity index (χ1) is 10.1.